The second-order valence-electron chi connectivity index (χ2n) is 5.04. The summed E-state index contributed by atoms with van der Waals surface area (Å²) in [6, 6.07) is 4.77. The fourth-order valence-corrected chi connectivity index (χ4v) is 3.40. The maximum absolute atomic E-state index is 3.40. The highest BCUT2D eigenvalue weighted by Gasteiger charge is 2.24. The van der Waals surface area contributed by atoms with E-state index < -0.39 is 0 Å². The Hall–Kier alpha value is -0.0300. The van der Waals surface area contributed by atoms with Crippen LogP contribution in [0.15, 0.2) is 21.7 Å². The fourth-order valence-electron chi connectivity index (χ4n) is 1.56. The lowest BCUT2D eigenvalue weighted by atomic mass is 9.87. The molecule has 1 unspecified atom stereocenters. The van der Waals surface area contributed by atoms with Crippen LogP contribution in [-0.2, 0) is 0 Å². The van der Waals surface area contributed by atoms with E-state index in [2.05, 4.69) is 55.0 Å². The lowest BCUT2D eigenvalue weighted by molar-refractivity contribution is 0.252. The molecule has 1 atom stereocenters. The molecule has 1 rings (SSSR count). The average molecular weight is 289 g/mol. The molecule has 0 aliphatic heterocycles. The highest BCUT2D eigenvalue weighted by Crippen LogP contribution is 2.28. The second kappa shape index (κ2) is 8.97. The molecule has 0 amide bonds. The molecule has 1 heterocycles. The molecule has 1 N–H and O–H groups in total. The third kappa shape index (κ3) is 6.78. The molecule has 0 saturated heterocycles. The van der Waals surface area contributed by atoms with Crippen molar-refractivity contribution in [2.75, 3.05) is 20.6 Å². The SMILES string of the molecule is CC.CNC(CN(C)Sc1cccs1)C(C)(C)C. The van der Waals surface area contributed by atoms with Crippen LogP contribution in [-0.4, -0.2) is 31.0 Å². The van der Waals surface area contributed by atoms with Gasteiger partial charge in [-0.05, 0) is 42.9 Å². The zero-order valence-electron chi connectivity index (χ0n) is 12.8. The summed E-state index contributed by atoms with van der Waals surface area (Å²) in [6.45, 7) is 11.9. The molecule has 0 saturated carbocycles. The highest BCUT2D eigenvalue weighted by atomic mass is 32.2. The van der Waals surface area contributed by atoms with Crippen LogP contribution in [0.25, 0.3) is 0 Å². The number of hydrogen-bond donors (Lipinski definition) is 1. The van der Waals surface area contributed by atoms with Gasteiger partial charge < -0.3 is 5.32 Å². The third-order valence-corrected chi connectivity index (χ3v) is 4.53. The molecule has 0 fully saturated rings. The molecule has 0 bridgehead atoms. The van der Waals surface area contributed by atoms with Crippen molar-refractivity contribution in [1.29, 1.82) is 0 Å². The van der Waals surface area contributed by atoms with Crippen LogP contribution >= 0.6 is 23.3 Å². The van der Waals surface area contributed by atoms with Crippen molar-refractivity contribution >= 4 is 23.3 Å². The maximum Gasteiger partial charge on any atom is 0.0753 e. The zero-order valence-corrected chi connectivity index (χ0v) is 14.4. The minimum atomic E-state index is 0.291. The van der Waals surface area contributed by atoms with Crippen molar-refractivity contribution in [3.05, 3.63) is 17.5 Å². The van der Waals surface area contributed by atoms with E-state index >= 15 is 0 Å². The number of rotatable bonds is 5. The summed E-state index contributed by atoms with van der Waals surface area (Å²) in [5.41, 5.74) is 0.291. The van der Waals surface area contributed by atoms with Gasteiger partial charge in [-0.25, -0.2) is 4.31 Å². The zero-order chi connectivity index (χ0) is 14.2. The Bertz CT molecular complexity index is 291. The molecule has 0 spiro atoms. The number of thiophene rings is 1. The molecular formula is C14H28N2S2. The summed E-state index contributed by atoms with van der Waals surface area (Å²) < 4.78 is 3.66. The smallest absolute Gasteiger partial charge is 0.0753 e. The Kier molecular flexibility index (Phi) is 8.95. The van der Waals surface area contributed by atoms with Gasteiger partial charge in [-0.15, -0.1) is 11.3 Å². The number of nitrogens with zero attached hydrogens (tertiary/aromatic N) is 1. The summed E-state index contributed by atoms with van der Waals surface area (Å²) in [4.78, 5) is 0. The predicted octanol–water partition coefficient (Wildman–Crippen LogP) is 4.35. The predicted molar refractivity (Wildman–Crippen MR) is 86.5 cm³/mol. The van der Waals surface area contributed by atoms with Gasteiger partial charge in [0.05, 0.1) is 4.21 Å². The van der Waals surface area contributed by atoms with E-state index in [1.165, 1.54) is 4.21 Å². The third-order valence-electron chi connectivity index (χ3n) is 2.57. The minimum absolute atomic E-state index is 0.291. The van der Waals surface area contributed by atoms with Gasteiger partial charge in [0.15, 0.2) is 0 Å². The molecule has 2 nitrogen and oxygen atoms in total. The van der Waals surface area contributed by atoms with E-state index in [0.717, 1.165) is 6.54 Å². The van der Waals surface area contributed by atoms with Gasteiger partial charge in [0.1, 0.15) is 0 Å². The van der Waals surface area contributed by atoms with Gasteiger partial charge in [-0.3, -0.25) is 0 Å². The van der Waals surface area contributed by atoms with Crippen LogP contribution < -0.4 is 5.32 Å². The molecule has 1 aromatic heterocycles. The molecule has 0 aliphatic rings. The molecule has 106 valence electrons. The van der Waals surface area contributed by atoms with E-state index in [9.17, 15) is 0 Å². The van der Waals surface area contributed by atoms with Gasteiger partial charge in [0.2, 0.25) is 0 Å². The first-order valence-electron chi connectivity index (χ1n) is 6.53. The van der Waals surface area contributed by atoms with Crippen LogP contribution in [0.5, 0.6) is 0 Å². The van der Waals surface area contributed by atoms with Crippen LogP contribution in [0.4, 0.5) is 0 Å². The monoisotopic (exact) mass is 288 g/mol. The van der Waals surface area contributed by atoms with Crippen molar-refractivity contribution in [2.45, 2.75) is 44.9 Å². The van der Waals surface area contributed by atoms with Gasteiger partial charge >= 0.3 is 0 Å². The van der Waals surface area contributed by atoms with E-state index in [1.54, 1.807) is 11.3 Å². The minimum Gasteiger partial charge on any atom is -0.315 e. The normalized spacial score (nSPS) is 13.1. The Morgan fingerprint density at radius 1 is 1.39 bits per heavy atom. The Morgan fingerprint density at radius 2 is 2.00 bits per heavy atom. The van der Waals surface area contributed by atoms with E-state index in [-0.39, 0.29) is 0 Å². The van der Waals surface area contributed by atoms with Gasteiger partial charge in [-0.1, -0.05) is 40.7 Å². The van der Waals surface area contributed by atoms with Crippen molar-refractivity contribution in [3.8, 4) is 0 Å². The number of likely N-dealkylation sites (N-methyl/N-ethyl adjacent to an activating group) is 2. The second-order valence-corrected chi connectivity index (χ2v) is 7.49. The topological polar surface area (TPSA) is 15.3 Å². The van der Waals surface area contributed by atoms with Gasteiger partial charge in [-0.2, -0.15) is 0 Å². The molecule has 0 radical (unpaired) electrons. The summed E-state index contributed by atoms with van der Waals surface area (Å²) in [5, 5.41) is 5.52. The van der Waals surface area contributed by atoms with Crippen LogP contribution in [0.1, 0.15) is 34.6 Å². The van der Waals surface area contributed by atoms with Crippen molar-refractivity contribution < 1.29 is 0 Å². The average Bonchev–Trinajstić information content (AvgIpc) is 2.79. The highest BCUT2D eigenvalue weighted by molar-refractivity contribution is 7.98. The van der Waals surface area contributed by atoms with E-state index in [1.807, 2.05) is 32.8 Å². The molecule has 0 aliphatic carbocycles. The summed E-state index contributed by atoms with van der Waals surface area (Å²) in [5.74, 6) is 0. The van der Waals surface area contributed by atoms with Crippen LogP contribution in [0.3, 0.4) is 0 Å². The summed E-state index contributed by atoms with van der Waals surface area (Å²) in [6.07, 6.45) is 0. The molecule has 1 aromatic rings. The molecular weight excluding hydrogens is 260 g/mol. The van der Waals surface area contributed by atoms with Crippen LogP contribution in [0.2, 0.25) is 0 Å². The van der Waals surface area contributed by atoms with E-state index in [4.69, 9.17) is 0 Å². The van der Waals surface area contributed by atoms with Crippen molar-refractivity contribution in [1.82, 2.24) is 9.62 Å². The van der Waals surface area contributed by atoms with Crippen LogP contribution in [0, 0.1) is 5.41 Å². The standard InChI is InChI=1S/C12H22N2S2.C2H6/c1-12(2,3)10(13-4)9-14(5)16-11-7-6-8-15-11;1-2/h6-8,10,13H,9H2,1-5H3;1-2H3. The first kappa shape index (κ1) is 18.0. The quantitative estimate of drug-likeness (QED) is 0.811. The molecule has 4 heteroatoms. The van der Waals surface area contributed by atoms with Gasteiger partial charge in [0, 0.05) is 12.6 Å². The van der Waals surface area contributed by atoms with Gasteiger partial charge in [0.25, 0.3) is 0 Å². The number of hydrogen-bond acceptors (Lipinski definition) is 4. The Morgan fingerprint density at radius 3 is 2.39 bits per heavy atom. The molecule has 18 heavy (non-hydrogen) atoms. The number of nitrogens with one attached hydrogen (secondary N) is 1. The van der Waals surface area contributed by atoms with E-state index in [0.29, 0.717) is 11.5 Å². The summed E-state index contributed by atoms with van der Waals surface area (Å²) >= 11 is 3.62. The molecule has 0 aromatic carbocycles. The first-order valence-corrected chi connectivity index (χ1v) is 8.18. The fraction of sp³-hybridized carbons (Fsp3) is 0.714. The first-order chi connectivity index (χ1) is 8.43. The summed E-state index contributed by atoms with van der Waals surface area (Å²) in [7, 11) is 4.19. The lowest BCUT2D eigenvalue weighted by Crippen LogP contribution is -2.44. The Labute approximate surface area is 121 Å². The Balaban J connectivity index is 0.00000137. The largest absolute Gasteiger partial charge is 0.315 e. The lowest BCUT2D eigenvalue weighted by Gasteiger charge is -2.33. The maximum atomic E-state index is 3.40. The van der Waals surface area contributed by atoms with Crippen molar-refractivity contribution in [3.63, 3.8) is 0 Å². The van der Waals surface area contributed by atoms with Crippen molar-refractivity contribution in [2.24, 2.45) is 5.41 Å².